The van der Waals surface area contributed by atoms with E-state index >= 15 is 0 Å². The van der Waals surface area contributed by atoms with Gasteiger partial charge in [0.2, 0.25) is 5.91 Å². The third-order valence-corrected chi connectivity index (χ3v) is 3.85. The predicted octanol–water partition coefficient (Wildman–Crippen LogP) is 3.62. The second-order valence-electron chi connectivity index (χ2n) is 5.35. The first kappa shape index (κ1) is 16.6. The quantitative estimate of drug-likeness (QED) is 0.801. The summed E-state index contributed by atoms with van der Waals surface area (Å²) < 4.78 is 13.5. The van der Waals surface area contributed by atoms with Crippen LogP contribution in [0.4, 0.5) is 10.1 Å². The Bertz CT molecular complexity index is 454. The summed E-state index contributed by atoms with van der Waals surface area (Å²) in [6.07, 6.45) is 3.29. The van der Waals surface area contributed by atoms with Crippen LogP contribution >= 0.6 is 0 Å². The van der Waals surface area contributed by atoms with E-state index < -0.39 is 5.41 Å². The van der Waals surface area contributed by atoms with Gasteiger partial charge in [0, 0.05) is 17.8 Å². The zero-order chi connectivity index (χ0) is 15.2. The van der Waals surface area contributed by atoms with Crippen LogP contribution in [0.3, 0.4) is 0 Å². The van der Waals surface area contributed by atoms with Crippen LogP contribution in [0.2, 0.25) is 0 Å². The smallest absolute Gasteiger partial charge is 0.231 e. The molecule has 0 aliphatic rings. The summed E-state index contributed by atoms with van der Waals surface area (Å²) in [6.45, 7) is 6.06. The number of anilines is 1. The summed E-state index contributed by atoms with van der Waals surface area (Å²) in [5, 5.41) is 2.85. The Balaban J connectivity index is 2.98. The summed E-state index contributed by atoms with van der Waals surface area (Å²) in [5.74, 6) is -0.412. The molecule has 0 bridgehead atoms. The van der Waals surface area contributed by atoms with Gasteiger partial charge >= 0.3 is 0 Å². The summed E-state index contributed by atoms with van der Waals surface area (Å²) in [4.78, 5) is 12.6. The van der Waals surface area contributed by atoms with E-state index in [1.165, 1.54) is 6.07 Å². The predicted molar refractivity (Wildman–Crippen MR) is 81.1 cm³/mol. The van der Waals surface area contributed by atoms with Crippen molar-refractivity contribution >= 4 is 11.6 Å². The summed E-state index contributed by atoms with van der Waals surface area (Å²) in [6, 6.07) is 4.70. The molecule has 0 unspecified atom stereocenters. The molecular weight excluding hydrogens is 255 g/mol. The molecule has 0 aliphatic carbocycles. The number of hydrogen-bond donors (Lipinski definition) is 2. The molecule has 3 nitrogen and oxygen atoms in total. The lowest BCUT2D eigenvalue weighted by Gasteiger charge is -2.31. The average Bonchev–Trinajstić information content (AvgIpc) is 2.43. The van der Waals surface area contributed by atoms with Crippen molar-refractivity contribution in [2.45, 2.75) is 46.5 Å². The molecule has 1 aromatic carbocycles. The SMILES string of the molecule is CCCC(CN)(CCC)C(=O)Nc1cccc(F)c1C. The number of nitrogens with two attached hydrogens (primary N) is 1. The van der Waals surface area contributed by atoms with Crippen LogP contribution in [0.25, 0.3) is 0 Å². The van der Waals surface area contributed by atoms with Gasteiger partial charge in [-0.2, -0.15) is 0 Å². The number of carbonyl (C=O) groups is 1. The second kappa shape index (κ2) is 7.39. The molecule has 4 heteroatoms. The van der Waals surface area contributed by atoms with Crippen molar-refractivity contribution < 1.29 is 9.18 Å². The Kier molecular flexibility index (Phi) is 6.14. The molecular formula is C16H25FN2O. The van der Waals surface area contributed by atoms with Crippen LogP contribution in [0, 0.1) is 18.2 Å². The first-order chi connectivity index (χ1) is 9.50. The number of carbonyl (C=O) groups excluding carboxylic acids is 1. The topological polar surface area (TPSA) is 55.1 Å². The van der Waals surface area contributed by atoms with Gasteiger partial charge in [0.25, 0.3) is 0 Å². The Hall–Kier alpha value is -1.42. The minimum absolute atomic E-state index is 0.0996. The normalized spacial score (nSPS) is 11.4. The van der Waals surface area contributed by atoms with E-state index in [2.05, 4.69) is 5.32 Å². The van der Waals surface area contributed by atoms with Crippen molar-refractivity contribution in [3.05, 3.63) is 29.6 Å². The maximum absolute atomic E-state index is 13.5. The highest BCUT2D eigenvalue weighted by atomic mass is 19.1. The van der Waals surface area contributed by atoms with Crippen molar-refractivity contribution in [1.29, 1.82) is 0 Å². The molecule has 3 N–H and O–H groups in total. The zero-order valence-corrected chi connectivity index (χ0v) is 12.6. The largest absolute Gasteiger partial charge is 0.329 e. The van der Waals surface area contributed by atoms with Gasteiger partial charge in [-0.25, -0.2) is 4.39 Å². The fraction of sp³-hybridized carbons (Fsp3) is 0.562. The highest BCUT2D eigenvalue weighted by molar-refractivity contribution is 5.96. The van der Waals surface area contributed by atoms with Crippen molar-refractivity contribution in [1.82, 2.24) is 0 Å². The van der Waals surface area contributed by atoms with Gasteiger partial charge in [-0.15, -0.1) is 0 Å². The number of rotatable bonds is 7. The highest BCUT2D eigenvalue weighted by Crippen LogP contribution is 2.31. The van der Waals surface area contributed by atoms with Gasteiger partial charge in [-0.3, -0.25) is 4.79 Å². The fourth-order valence-corrected chi connectivity index (χ4v) is 2.60. The molecule has 0 saturated heterocycles. The lowest BCUT2D eigenvalue weighted by atomic mass is 9.78. The molecule has 20 heavy (non-hydrogen) atoms. The standard InChI is InChI=1S/C16H25FN2O/c1-4-9-16(11-18,10-5-2)15(20)19-14-8-6-7-13(17)12(14)3/h6-8H,4-5,9-11,18H2,1-3H3,(H,19,20). The molecule has 0 heterocycles. The van der Waals surface area contributed by atoms with Crippen molar-refractivity contribution in [2.24, 2.45) is 11.1 Å². The highest BCUT2D eigenvalue weighted by Gasteiger charge is 2.35. The molecule has 0 radical (unpaired) electrons. The van der Waals surface area contributed by atoms with E-state index in [9.17, 15) is 9.18 Å². The maximum atomic E-state index is 13.5. The minimum Gasteiger partial charge on any atom is -0.329 e. The molecule has 0 spiro atoms. The molecule has 0 aromatic heterocycles. The van der Waals surface area contributed by atoms with Gasteiger partial charge < -0.3 is 11.1 Å². The van der Waals surface area contributed by atoms with Crippen LogP contribution in [0.15, 0.2) is 18.2 Å². The van der Waals surface area contributed by atoms with Crippen LogP contribution in [-0.4, -0.2) is 12.5 Å². The first-order valence-electron chi connectivity index (χ1n) is 7.27. The summed E-state index contributed by atoms with van der Waals surface area (Å²) in [5.41, 5.74) is 6.30. The number of benzene rings is 1. The van der Waals surface area contributed by atoms with Gasteiger partial charge in [-0.05, 0) is 31.9 Å². The number of amides is 1. The molecule has 0 atom stereocenters. The van der Waals surface area contributed by atoms with E-state index in [0.717, 1.165) is 25.7 Å². The van der Waals surface area contributed by atoms with Crippen LogP contribution in [-0.2, 0) is 4.79 Å². The van der Waals surface area contributed by atoms with Crippen LogP contribution < -0.4 is 11.1 Å². The second-order valence-corrected chi connectivity index (χ2v) is 5.35. The molecule has 0 fully saturated rings. The van der Waals surface area contributed by atoms with E-state index in [1.54, 1.807) is 19.1 Å². The molecule has 0 aliphatic heterocycles. The summed E-state index contributed by atoms with van der Waals surface area (Å²) >= 11 is 0. The third kappa shape index (κ3) is 3.57. The fourth-order valence-electron chi connectivity index (χ4n) is 2.60. The maximum Gasteiger partial charge on any atom is 0.231 e. The summed E-state index contributed by atoms with van der Waals surface area (Å²) in [7, 11) is 0. The minimum atomic E-state index is -0.553. The molecule has 1 rings (SSSR count). The van der Waals surface area contributed by atoms with E-state index in [1.807, 2.05) is 13.8 Å². The Morgan fingerprint density at radius 1 is 1.30 bits per heavy atom. The lowest BCUT2D eigenvalue weighted by molar-refractivity contribution is -0.126. The van der Waals surface area contributed by atoms with Crippen molar-refractivity contribution in [2.75, 3.05) is 11.9 Å². The van der Waals surface area contributed by atoms with Crippen molar-refractivity contribution in [3.8, 4) is 0 Å². The molecule has 1 amide bonds. The molecule has 1 aromatic rings. The Morgan fingerprint density at radius 3 is 2.40 bits per heavy atom. The molecule has 0 saturated carbocycles. The van der Waals surface area contributed by atoms with Gasteiger partial charge in [0.15, 0.2) is 0 Å². The zero-order valence-electron chi connectivity index (χ0n) is 12.6. The lowest BCUT2D eigenvalue weighted by Crippen LogP contribution is -2.42. The Labute approximate surface area is 120 Å². The van der Waals surface area contributed by atoms with Gasteiger partial charge in [-0.1, -0.05) is 32.8 Å². The monoisotopic (exact) mass is 280 g/mol. The third-order valence-electron chi connectivity index (χ3n) is 3.85. The Morgan fingerprint density at radius 2 is 1.90 bits per heavy atom. The van der Waals surface area contributed by atoms with Crippen LogP contribution in [0.5, 0.6) is 0 Å². The van der Waals surface area contributed by atoms with Gasteiger partial charge in [0.1, 0.15) is 5.82 Å². The average molecular weight is 280 g/mol. The van der Waals surface area contributed by atoms with Gasteiger partial charge in [0.05, 0.1) is 5.41 Å². The van der Waals surface area contributed by atoms with Crippen LogP contribution in [0.1, 0.15) is 45.1 Å². The number of hydrogen-bond acceptors (Lipinski definition) is 2. The number of halogens is 1. The van der Waals surface area contributed by atoms with Crippen molar-refractivity contribution in [3.63, 3.8) is 0 Å². The molecule has 112 valence electrons. The first-order valence-corrected chi connectivity index (χ1v) is 7.27. The van der Waals surface area contributed by atoms with E-state index in [0.29, 0.717) is 17.8 Å². The van der Waals surface area contributed by atoms with E-state index in [-0.39, 0.29) is 11.7 Å². The van der Waals surface area contributed by atoms with E-state index in [4.69, 9.17) is 5.73 Å². The number of nitrogens with one attached hydrogen (secondary N) is 1.